The van der Waals surface area contributed by atoms with Gasteiger partial charge in [-0.3, -0.25) is 0 Å². The van der Waals surface area contributed by atoms with E-state index in [1.54, 1.807) is 0 Å². The van der Waals surface area contributed by atoms with E-state index in [9.17, 15) is 0 Å². The van der Waals surface area contributed by atoms with Crippen LogP contribution in [-0.2, 0) is 0 Å². The van der Waals surface area contributed by atoms with Gasteiger partial charge in [-0.25, -0.2) is 0 Å². The van der Waals surface area contributed by atoms with Gasteiger partial charge in [0.05, 0.1) is 20.6 Å². The number of rotatable bonds is 5. The van der Waals surface area contributed by atoms with Gasteiger partial charge in [0.2, 0.25) is 0 Å². The molecular formula is C17H21BrN3S+. The zero-order chi connectivity index (χ0) is 15.9. The van der Waals surface area contributed by atoms with E-state index in [0.717, 1.165) is 16.7 Å². The fourth-order valence-electron chi connectivity index (χ4n) is 2.28. The molecule has 0 fully saturated rings. The quantitative estimate of drug-likeness (QED) is 0.698. The normalized spacial score (nSPS) is 12.0. The molecule has 3 nitrogen and oxygen atoms in total. The standard InChI is InChI=1S/C17H20BrN3S/c1-21(2)16(13-7-4-3-5-8-13)12-19-17(22)20-15-10-6-9-14(18)11-15/h3-11,16H,12H2,1-2H3,(H2,19,20,22)/p+1/t16-/m1/s1. The van der Waals surface area contributed by atoms with Crippen molar-refractivity contribution in [2.75, 3.05) is 26.0 Å². The number of benzene rings is 2. The summed E-state index contributed by atoms with van der Waals surface area (Å²) in [7, 11) is 4.31. The Hall–Kier alpha value is -1.43. The van der Waals surface area contributed by atoms with Gasteiger partial charge in [0, 0.05) is 15.7 Å². The summed E-state index contributed by atoms with van der Waals surface area (Å²) in [5, 5.41) is 7.16. The van der Waals surface area contributed by atoms with Crippen LogP contribution in [0.25, 0.3) is 0 Å². The highest BCUT2D eigenvalue weighted by Gasteiger charge is 2.17. The maximum absolute atomic E-state index is 5.39. The number of hydrogen-bond acceptors (Lipinski definition) is 1. The zero-order valence-electron chi connectivity index (χ0n) is 12.8. The fraction of sp³-hybridized carbons (Fsp3) is 0.235. The van der Waals surface area contributed by atoms with Crippen molar-refractivity contribution in [3.63, 3.8) is 0 Å². The highest BCUT2D eigenvalue weighted by Crippen LogP contribution is 2.15. The van der Waals surface area contributed by atoms with Crippen molar-refractivity contribution in [1.29, 1.82) is 0 Å². The Kier molecular flexibility index (Phi) is 6.36. The molecule has 0 amide bonds. The summed E-state index contributed by atoms with van der Waals surface area (Å²) in [6.07, 6.45) is 0. The van der Waals surface area contributed by atoms with E-state index < -0.39 is 0 Å². The average Bonchev–Trinajstić information content (AvgIpc) is 2.48. The predicted molar refractivity (Wildman–Crippen MR) is 100 cm³/mol. The van der Waals surface area contributed by atoms with Crippen molar-refractivity contribution in [2.45, 2.75) is 6.04 Å². The van der Waals surface area contributed by atoms with Gasteiger partial charge in [-0.05, 0) is 30.4 Å². The van der Waals surface area contributed by atoms with Gasteiger partial charge in [-0.1, -0.05) is 52.3 Å². The van der Waals surface area contributed by atoms with Crippen LogP contribution in [0.4, 0.5) is 5.69 Å². The van der Waals surface area contributed by atoms with E-state index in [0.29, 0.717) is 11.2 Å². The summed E-state index contributed by atoms with van der Waals surface area (Å²) in [6, 6.07) is 18.8. The number of quaternary nitrogens is 1. The Morgan fingerprint density at radius 1 is 1.14 bits per heavy atom. The molecule has 0 saturated carbocycles. The molecule has 0 heterocycles. The molecule has 0 spiro atoms. The molecule has 0 aromatic heterocycles. The lowest BCUT2D eigenvalue weighted by atomic mass is 10.1. The molecule has 5 heteroatoms. The SMILES string of the molecule is C[NH+](C)[C@H](CNC(=S)Nc1cccc(Br)c1)c1ccccc1. The summed E-state index contributed by atoms with van der Waals surface area (Å²) in [6.45, 7) is 0.784. The third-order valence-electron chi connectivity index (χ3n) is 3.45. The molecule has 0 bridgehead atoms. The molecule has 0 saturated heterocycles. The highest BCUT2D eigenvalue weighted by molar-refractivity contribution is 9.10. The van der Waals surface area contributed by atoms with E-state index in [1.165, 1.54) is 10.5 Å². The Labute approximate surface area is 145 Å². The third kappa shape index (κ3) is 5.09. The van der Waals surface area contributed by atoms with E-state index in [2.05, 4.69) is 64.9 Å². The summed E-state index contributed by atoms with van der Waals surface area (Å²) in [4.78, 5) is 1.36. The Morgan fingerprint density at radius 2 is 1.86 bits per heavy atom. The lowest BCUT2D eigenvalue weighted by molar-refractivity contribution is -0.890. The smallest absolute Gasteiger partial charge is 0.171 e. The fourth-order valence-corrected chi connectivity index (χ4v) is 2.88. The molecule has 3 N–H and O–H groups in total. The molecular weight excluding hydrogens is 358 g/mol. The second kappa shape index (κ2) is 8.27. The summed E-state index contributed by atoms with van der Waals surface area (Å²) >= 11 is 8.84. The van der Waals surface area contributed by atoms with Gasteiger partial charge in [0.15, 0.2) is 5.11 Å². The van der Waals surface area contributed by atoms with Crippen molar-refractivity contribution in [2.24, 2.45) is 0 Å². The molecule has 0 aliphatic rings. The lowest BCUT2D eigenvalue weighted by Gasteiger charge is -2.23. The van der Waals surface area contributed by atoms with E-state index in [4.69, 9.17) is 12.2 Å². The minimum Gasteiger partial charge on any atom is -0.356 e. The Balaban J connectivity index is 1.94. The van der Waals surface area contributed by atoms with Crippen molar-refractivity contribution in [3.05, 3.63) is 64.6 Å². The van der Waals surface area contributed by atoms with Crippen molar-refractivity contribution in [1.82, 2.24) is 5.32 Å². The number of hydrogen-bond donors (Lipinski definition) is 3. The van der Waals surface area contributed by atoms with Crippen LogP contribution in [0, 0.1) is 0 Å². The van der Waals surface area contributed by atoms with Gasteiger partial charge in [0.1, 0.15) is 6.04 Å². The van der Waals surface area contributed by atoms with Crippen LogP contribution in [0.5, 0.6) is 0 Å². The van der Waals surface area contributed by atoms with E-state index in [1.807, 2.05) is 30.3 Å². The molecule has 2 aromatic carbocycles. The molecule has 1 atom stereocenters. The summed E-state index contributed by atoms with van der Waals surface area (Å²) in [5.41, 5.74) is 2.28. The lowest BCUT2D eigenvalue weighted by Crippen LogP contribution is -3.07. The van der Waals surface area contributed by atoms with Crippen molar-refractivity contribution in [3.8, 4) is 0 Å². The van der Waals surface area contributed by atoms with Gasteiger partial charge < -0.3 is 15.5 Å². The predicted octanol–water partition coefficient (Wildman–Crippen LogP) is 2.62. The maximum Gasteiger partial charge on any atom is 0.171 e. The van der Waals surface area contributed by atoms with E-state index >= 15 is 0 Å². The largest absolute Gasteiger partial charge is 0.356 e. The van der Waals surface area contributed by atoms with Crippen LogP contribution in [0.2, 0.25) is 0 Å². The number of thiocarbonyl (C=S) groups is 1. The van der Waals surface area contributed by atoms with Crippen LogP contribution in [0.3, 0.4) is 0 Å². The number of anilines is 1. The number of nitrogens with one attached hydrogen (secondary N) is 3. The molecule has 0 radical (unpaired) electrons. The zero-order valence-corrected chi connectivity index (χ0v) is 15.2. The average molecular weight is 379 g/mol. The number of likely N-dealkylation sites (N-methyl/N-ethyl adjacent to an activating group) is 1. The monoisotopic (exact) mass is 378 g/mol. The van der Waals surface area contributed by atoms with Crippen molar-refractivity contribution >= 4 is 38.9 Å². The maximum atomic E-state index is 5.39. The molecule has 116 valence electrons. The summed E-state index contributed by atoms with van der Waals surface area (Å²) in [5.74, 6) is 0. The minimum absolute atomic E-state index is 0.350. The summed E-state index contributed by atoms with van der Waals surface area (Å²) < 4.78 is 1.03. The van der Waals surface area contributed by atoms with Crippen LogP contribution in [0.15, 0.2) is 59.1 Å². The first kappa shape index (κ1) is 16.9. The first-order valence-electron chi connectivity index (χ1n) is 7.21. The Bertz CT molecular complexity index is 616. The van der Waals surface area contributed by atoms with Crippen LogP contribution in [0.1, 0.15) is 11.6 Å². The van der Waals surface area contributed by atoms with Gasteiger partial charge >= 0.3 is 0 Å². The third-order valence-corrected chi connectivity index (χ3v) is 4.19. The number of halogens is 1. The molecule has 2 aromatic rings. The molecule has 0 aliphatic carbocycles. The Morgan fingerprint density at radius 3 is 2.50 bits per heavy atom. The van der Waals surface area contributed by atoms with Gasteiger partial charge in [0.25, 0.3) is 0 Å². The second-order valence-electron chi connectivity index (χ2n) is 5.39. The van der Waals surface area contributed by atoms with Crippen LogP contribution >= 0.6 is 28.1 Å². The first-order valence-corrected chi connectivity index (χ1v) is 8.42. The van der Waals surface area contributed by atoms with Gasteiger partial charge in [-0.2, -0.15) is 0 Å². The topological polar surface area (TPSA) is 28.5 Å². The van der Waals surface area contributed by atoms with Crippen molar-refractivity contribution < 1.29 is 4.90 Å². The highest BCUT2D eigenvalue weighted by atomic mass is 79.9. The second-order valence-corrected chi connectivity index (χ2v) is 6.71. The van der Waals surface area contributed by atoms with E-state index in [-0.39, 0.29) is 0 Å². The van der Waals surface area contributed by atoms with Crippen LogP contribution < -0.4 is 15.5 Å². The molecule has 0 aliphatic heterocycles. The molecule has 22 heavy (non-hydrogen) atoms. The van der Waals surface area contributed by atoms with Crippen LogP contribution in [-0.4, -0.2) is 25.8 Å². The molecule has 2 rings (SSSR count). The first-order chi connectivity index (χ1) is 10.6. The minimum atomic E-state index is 0.350. The van der Waals surface area contributed by atoms with Gasteiger partial charge in [-0.15, -0.1) is 0 Å². The molecule has 0 unspecified atom stereocenters.